The van der Waals surface area contributed by atoms with Crippen molar-refractivity contribution in [1.82, 2.24) is 0 Å². The summed E-state index contributed by atoms with van der Waals surface area (Å²) in [4.78, 5) is 11.1. The lowest BCUT2D eigenvalue weighted by Crippen LogP contribution is -2.10. The van der Waals surface area contributed by atoms with E-state index in [2.05, 4.69) is 0 Å². The van der Waals surface area contributed by atoms with E-state index in [4.69, 9.17) is 4.74 Å². The summed E-state index contributed by atoms with van der Waals surface area (Å²) in [7, 11) is 0. The lowest BCUT2D eigenvalue weighted by atomic mass is 10.0. The molecule has 13 heavy (non-hydrogen) atoms. The van der Waals surface area contributed by atoms with Gasteiger partial charge in [0.15, 0.2) is 5.78 Å². The molecule has 1 atom stereocenters. The average Bonchev–Trinajstić information content (AvgIpc) is 2.19. The normalized spacial score (nSPS) is 21.2. The largest absolute Gasteiger partial charge is 0.493 e. The van der Waals surface area contributed by atoms with Crippen LogP contribution in [0, 0.1) is 0 Å². The zero-order valence-corrected chi connectivity index (χ0v) is 7.14. The van der Waals surface area contributed by atoms with E-state index < -0.39 is 0 Å². The standard InChI is InChI=1S/C11H10O2/c12-10-6-7-13-11(8-10)9-4-2-1-3-5-9/h1-7,11H,8H2/t11-/m0/s1. The number of carbonyl (C=O) groups excluding carboxylic acids is 1. The molecule has 1 aliphatic rings. The number of rotatable bonds is 1. The molecule has 0 aliphatic carbocycles. The molecule has 2 heteroatoms. The Morgan fingerprint density at radius 3 is 2.69 bits per heavy atom. The minimum absolute atomic E-state index is 0.0984. The summed E-state index contributed by atoms with van der Waals surface area (Å²) in [5, 5.41) is 0. The van der Waals surface area contributed by atoms with Crippen LogP contribution >= 0.6 is 0 Å². The van der Waals surface area contributed by atoms with Crippen molar-refractivity contribution in [2.24, 2.45) is 0 Å². The summed E-state index contributed by atoms with van der Waals surface area (Å²) in [6.07, 6.45) is 3.29. The fraction of sp³-hybridized carbons (Fsp3) is 0.182. The van der Waals surface area contributed by atoms with Crippen LogP contribution < -0.4 is 0 Å². The maximum atomic E-state index is 11.1. The van der Waals surface area contributed by atoms with Gasteiger partial charge in [-0.1, -0.05) is 30.3 Å². The Balaban J connectivity index is 2.19. The van der Waals surface area contributed by atoms with Gasteiger partial charge in [-0.3, -0.25) is 4.79 Å². The molecule has 1 aromatic carbocycles. The highest BCUT2D eigenvalue weighted by molar-refractivity contribution is 5.90. The Morgan fingerprint density at radius 2 is 2.00 bits per heavy atom. The number of allylic oxidation sites excluding steroid dienone is 1. The van der Waals surface area contributed by atoms with Crippen LogP contribution in [0.1, 0.15) is 18.1 Å². The van der Waals surface area contributed by atoms with Crippen molar-refractivity contribution in [1.29, 1.82) is 0 Å². The van der Waals surface area contributed by atoms with Crippen molar-refractivity contribution < 1.29 is 9.53 Å². The second kappa shape index (κ2) is 3.44. The second-order valence-corrected chi connectivity index (χ2v) is 3.01. The second-order valence-electron chi connectivity index (χ2n) is 3.01. The lowest BCUT2D eigenvalue weighted by molar-refractivity contribution is -0.118. The highest BCUT2D eigenvalue weighted by Gasteiger charge is 2.17. The summed E-state index contributed by atoms with van der Waals surface area (Å²) in [6.45, 7) is 0. The van der Waals surface area contributed by atoms with Crippen molar-refractivity contribution in [3.8, 4) is 0 Å². The topological polar surface area (TPSA) is 26.3 Å². The van der Waals surface area contributed by atoms with Crippen molar-refractivity contribution in [2.75, 3.05) is 0 Å². The highest BCUT2D eigenvalue weighted by Crippen LogP contribution is 2.24. The number of benzene rings is 1. The lowest BCUT2D eigenvalue weighted by Gasteiger charge is -2.18. The Hall–Kier alpha value is -1.57. The number of ether oxygens (including phenoxy) is 1. The van der Waals surface area contributed by atoms with Crippen LogP contribution in [0.4, 0.5) is 0 Å². The fourth-order valence-corrected chi connectivity index (χ4v) is 1.37. The van der Waals surface area contributed by atoms with E-state index in [9.17, 15) is 4.79 Å². The first-order chi connectivity index (χ1) is 6.36. The maximum Gasteiger partial charge on any atom is 0.162 e. The zero-order chi connectivity index (χ0) is 9.10. The molecule has 66 valence electrons. The van der Waals surface area contributed by atoms with Crippen LogP contribution in [0.5, 0.6) is 0 Å². The van der Waals surface area contributed by atoms with Gasteiger partial charge in [0.2, 0.25) is 0 Å². The van der Waals surface area contributed by atoms with Crippen LogP contribution in [-0.4, -0.2) is 5.78 Å². The molecule has 2 nitrogen and oxygen atoms in total. The first-order valence-electron chi connectivity index (χ1n) is 4.26. The fourth-order valence-electron chi connectivity index (χ4n) is 1.37. The number of hydrogen-bond donors (Lipinski definition) is 0. The Bertz CT molecular complexity index is 327. The number of ketones is 1. The zero-order valence-electron chi connectivity index (χ0n) is 7.14. The predicted molar refractivity (Wildman–Crippen MR) is 49.0 cm³/mol. The Kier molecular flexibility index (Phi) is 2.13. The van der Waals surface area contributed by atoms with Crippen LogP contribution in [-0.2, 0) is 9.53 Å². The third-order valence-corrected chi connectivity index (χ3v) is 2.05. The van der Waals surface area contributed by atoms with Gasteiger partial charge in [0.25, 0.3) is 0 Å². The van der Waals surface area contributed by atoms with Crippen molar-refractivity contribution in [3.63, 3.8) is 0 Å². The van der Waals surface area contributed by atoms with Crippen LogP contribution in [0.25, 0.3) is 0 Å². The van der Waals surface area contributed by atoms with Crippen LogP contribution in [0.15, 0.2) is 42.7 Å². The van der Waals surface area contributed by atoms with Gasteiger partial charge < -0.3 is 4.74 Å². The molecular weight excluding hydrogens is 164 g/mol. The van der Waals surface area contributed by atoms with Gasteiger partial charge in [0.05, 0.1) is 12.7 Å². The van der Waals surface area contributed by atoms with Gasteiger partial charge in [0, 0.05) is 6.08 Å². The summed E-state index contributed by atoms with van der Waals surface area (Å²) in [5.41, 5.74) is 1.06. The smallest absolute Gasteiger partial charge is 0.162 e. The molecule has 0 fully saturated rings. The quantitative estimate of drug-likeness (QED) is 0.652. The van der Waals surface area contributed by atoms with E-state index in [-0.39, 0.29) is 11.9 Å². The van der Waals surface area contributed by atoms with Crippen molar-refractivity contribution >= 4 is 5.78 Å². The molecule has 0 bridgehead atoms. The van der Waals surface area contributed by atoms with E-state index >= 15 is 0 Å². The SMILES string of the molecule is O=C1C=CO[C@H](c2ccccc2)C1. The first-order valence-corrected chi connectivity index (χ1v) is 4.26. The minimum Gasteiger partial charge on any atom is -0.493 e. The molecule has 1 heterocycles. The molecule has 0 saturated heterocycles. The van der Waals surface area contributed by atoms with E-state index in [1.807, 2.05) is 30.3 Å². The molecule has 1 aliphatic heterocycles. The molecule has 0 saturated carbocycles. The molecule has 1 aromatic rings. The third kappa shape index (κ3) is 1.78. The van der Waals surface area contributed by atoms with Crippen LogP contribution in [0.2, 0.25) is 0 Å². The first kappa shape index (κ1) is 8.05. The monoisotopic (exact) mass is 174 g/mol. The molecule has 0 unspecified atom stereocenters. The Morgan fingerprint density at radius 1 is 1.23 bits per heavy atom. The van der Waals surface area contributed by atoms with Gasteiger partial charge in [-0.05, 0) is 5.56 Å². The Labute approximate surface area is 76.8 Å². The molecule has 2 rings (SSSR count). The third-order valence-electron chi connectivity index (χ3n) is 2.05. The van der Waals surface area contributed by atoms with Gasteiger partial charge in [-0.2, -0.15) is 0 Å². The number of hydrogen-bond acceptors (Lipinski definition) is 2. The molecule has 0 N–H and O–H groups in total. The summed E-state index contributed by atoms with van der Waals surface area (Å²) in [5.74, 6) is 0.125. The summed E-state index contributed by atoms with van der Waals surface area (Å²) >= 11 is 0. The summed E-state index contributed by atoms with van der Waals surface area (Å²) < 4.78 is 5.33. The van der Waals surface area contributed by atoms with Gasteiger partial charge >= 0.3 is 0 Å². The van der Waals surface area contributed by atoms with E-state index in [1.165, 1.54) is 12.3 Å². The molecule has 0 amide bonds. The van der Waals surface area contributed by atoms with Crippen LogP contribution in [0.3, 0.4) is 0 Å². The maximum absolute atomic E-state index is 11.1. The molecular formula is C11H10O2. The average molecular weight is 174 g/mol. The summed E-state index contributed by atoms with van der Waals surface area (Å²) in [6, 6.07) is 9.78. The van der Waals surface area contributed by atoms with Gasteiger partial charge in [0.1, 0.15) is 6.10 Å². The molecule has 0 aromatic heterocycles. The number of carbonyl (C=O) groups is 1. The van der Waals surface area contributed by atoms with Crippen molar-refractivity contribution in [2.45, 2.75) is 12.5 Å². The predicted octanol–water partition coefficient (Wildman–Crippen LogP) is 2.23. The highest BCUT2D eigenvalue weighted by atomic mass is 16.5. The van der Waals surface area contributed by atoms with Gasteiger partial charge in [-0.15, -0.1) is 0 Å². The molecule has 0 spiro atoms. The van der Waals surface area contributed by atoms with Crippen molar-refractivity contribution in [3.05, 3.63) is 48.2 Å². The molecule has 0 radical (unpaired) electrons. The van der Waals surface area contributed by atoms with Gasteiger partial charge in [-0.25, -0.2) is 0 Å². The van der Waals surface area contributed by atoms with E-state index in [0.29, 0.717) is 6.42 Å². The van der Waals surface area contributed by atoms with E-state index in [0.717, 1.165) is 5.56 Å². The minimum atomic E-state index is -0.0984. The van der Waals surface area contributed by atoms with E-state index in [1.54, 1.807) is 0 Å².